The van der Waals surface area contributed by atoms with Crippen molar-refractivity contribution in [2.75, 3.05) is 38.3 Å². The molecule has 0 aliphatic heterocycles. The Morgan fingerprint density at radius 1 is 1.35 bits per heavy atom. The minimum Gasteiger partial charge on any atom is -0.481 e. The molecule has 17 heavy (non-hydrogen) atoms. The fourth-order valence-electron chi connectivity index (χ4n) is 1.28. The third kappa shape index (κ3) is 9.00. The van der Waals surface area contributed by atoms with Crippen molar-refractivity contribution in [2.24, 2.45) is 5.92 Å². The number of hydrogen-bond donors (Lipinski definition) is 1. The second-order valence-corrected chi connectivity index (χ2v) is 5.10. The predicted octanol–water partition coefficient (Wildman–Crippen LogP) is 0.935. The third-order valence-electron chi connectivity index (χ3n) is 1.95. The van der Waals surface area contributed by atoms with Crippen molar-refractivity contribution in [3.8, 4) is 0 Å². The van der Waals surface area contributed by atoms with Crippen molar-refractivity contribution in [1.29, 1.82) is 0 Å². The molecule has 0 aromatic heterocycles. The molecule has 0 saturated carbocycles. The molecule has 5 nitrogen and oxygen atoms in total. The Kier molecular flexibility index (Phi) is 8.89. The van der Waals surface area contributed by atoms with Crippen molar-refractivity contribution in [1.82, 2.24) is 4.90 Å². The van der Waals surface area contributed by atoms with Crippen LogP contribution in [0.2, 0.25) is 0 Å². The van der Waals surface area contributed by atoms with Gasteiger partial charge in [-0.05, 0) is 5.92 Å². The number of rotatable bonds is 9. The zero-order valence-electron chi connectivity index (χ0n) is 10.6. The zero-order valence-corrected chi connectivity index (χ0v) is 11.5. The Morgan fingerprint density at radius 3 is 2.47 bits per heavy atom. The lowest BCUT2D eigenvalue weighted by atomic mass is 10.2. The van der Waals surface area contributed by atoms with Crippen LogP contribution in [-0.4, -0.2) is 60.2 Å². The topological polar surface area (TPSA) is 66.8 Å². The molecule has 0 saturated heterocycles. The minimum absolute atomic E-state index is 0.0259. The van der Waals surface area contributed by atoms with E-state index in [1.165, 1.54) is 0 Å². The first-order chi connectivity index (χ1) is 7.97. The van der Waals surface area contributed by atoms with Crippen molar-refractivity contribution in [3.63, 3.8) is 0 Å². The van der Waals surface area contributed by atoms with Gasteiger partial charge in [0.05, 0.1) is 18.1 Å². The van der Waals surface area contributed by atoms with Gasteiger partial charge >= 0.3 is 5.97 Å². The first-order valence-electron chi connectivity index (χ1n) is 5.53. The van der Waals surface area contributed by atoms with Gasteiger partial charge in [0, 0.05) is 20.2 Å². The number of aliphatic carboxylic acids is 1. The summed E-state index contributed by atoms with van der Waals surface area (Å²) < 4.78 is 4.95. The van der Waals surface area contributed by atoms with E-state index in [0.29, 0.717) is 25.6 Å². The normalized spacial score (nSPS) is 10.6. The third-order valence-corrected chi connectivity index (χ3v) is 2.86. The summed E-state index contributed by atoms with van der Waals surface area (Å²) in [6.45, 7) is 5.81. The molecule has 0 fully saturated rings. The Balaban J connectivity index is 4.07. The van der Waals surface area contributed by atoms with Gasteiger partial charge in [-0.2, -0.15) is 0 Å². The Hall–Kier alpha value is -0.750. The van der Waals surface area contributed by atoms with Crippen molar-refractivity contribution in [3.05, 3.63) is 0 Å². The minimum atomic E-state index is -0.893. The molecule has 0 radical (unpaired) electrons. The van der Waals surface area contributed by atoms with Gasteiger partial charge in [0.2, 0.25) is 5.91 Å². The number of carboxylic acids is 1. The molecular weight excluding hydrogens is 242 g/mol. The SMILES string of the molecule is COCCN(CC(C)C)C(=O)CSCC(=O)O. The van der Waals surface area contributed by atoms with Crippen molar-refractivity contribution < 1.29 is 19.4 Å². The van der Waals surface area contributed by atoms with Gasteiger partial charge in [-0.3, -0.25) is 9.59 Å². The zero-order chi connectivity index (χ0) is 13.3. The highest BCUT2D eigenvalue weighted by atomic mass is 32.2. The van der Waals surface area contributed by atoms with Crippen molar-refractivity contribution in [2.45, 2.75) is 13.8 Å². The van der Waals surface area contributed by atoms with Crippen LogP contribution in [0.25, 0.3) is 0 Å². The molecule has 6 heteroatoms. The molecule has 0 bridgehead atoms. The molecule has 100 valence electrons. The van der Waals surface area contributed by atoms with Crippen LogP contribution < -0.4 is 0 Å². The summed E-state index contributed by atoms with van der Waals surface area (Å²) in [5, 5.41) is 8.49. The van der Waals surface area contributed by atoms with E-state index in [2.05, 4.69) is 0 Å². The molecule has 0 aromatic rings. The maximum atomic E-state index is 11.8. The smallest absolute Gasteiger partial charge is 0.313 e. The highest BCUT2D eigenvalue weighted by Gasteiger charge is 2.14. The van der Waals surface area contributed by atoms with Crippen LogP contribution in [0.5, 0.6) is 0 Å². The van der Waals surface area contributed by atoms with E-state index in [9.17, 15) is 9.59 Å². The average Bonchev–Trinajstić information content (AvgIpc) is 2.22. The summed E-state index contributed by atoms with van der Waals surface area (Å²) in [4.78, 5) is 23.9. The molecule has 0 unspecified atom stereocenters. The maximum Gasteiger partial charge on any atom is 0.313 e. The van der Waals surface area contributed by atoms with Crippen LogP contribution in [0.1, 0.15) is 13.8 Å². The first-order valence-corrected chi connectivity index (χ1v) is 6.69. The molecule has 1 amide bonds. The van der Waals surface area contributed by atoms with E-state index in [4.69, 9.17) is 9.84 Å². The lowest BCUT2D eigenvalue weighted by Gasteiger charge is -2.24. The van der Waals surface area contributed by atoms with Gasteiger partial charge in [0.15, 0.2) is 0 Å². The molecular formula is C11H21NO4S. The second-order valence-electron chi connectivity index (χ2n) is 4.11. The maximum absolute atomic E-state index is 11.8. The van der Waals surface area contributed by atoms with Crippen LogP contribution in [0, 0.1) is 5.92 Å². The summed E-state index contributed by atoms with van der Waals surface area (Å²) in [5.74, 6) is -0.355. The highest BCUT2D eigenvalue weighted by Crippen LogP contribution is 2.05. The number of methoxy groups -OCH3 is 1. The lowest BCUT2D eigenvalue weighted by molar-refractivity contribution is -0.133. The summed E-state index contributed by atoms with van der Waals surface area (Å²) in [6.07, 6.45) is 0. The number of carboxylic acid groups (broad SMARTS) is 1. The molecule has 0 aliphatic carbocycles. The first kappa shape index (κ1) is 16.2. The van der Waals surface area contributed by atoms with Gasteiger partial charge in [-0.15, -0.1) is 11.8 Å². The standard InChI is InChI=1S/C11H21NO4S/c1-9(2)6-12(4-5-16-3)10(13)7-17-8-11(14)15/h9H,4-8H2,1-3H3,(H,14,15). The number of nitrogens with zero attached hydrogens (tertiary/aromatic N) is 1. The molecule has 1 N–H and O–H groups in total. The molecule has 0 spiro atoms. The Morgan fingerprint density at radius 2 is 2.00 bits per heavy atom. The van der Waals surface area contributed by atoms with Crippen molar-refractivity contribution >= 4 is 23.6 Å². The van der Waals surface area contributed by atoms with Gasteiger partial charge in [-0.1, -0.05) is 13.8 Å². The van der Waals surface area contributed by atoms with Crippen LogP contribution in [0.4, 0.5) is 0 Å². The summed E-state index contributed by atoms with van der Waals surface area (Å²) in [7, 11) is 1.59. The molecule has 0 aromatic carbocycles. The average molecular weight is 263 g/mol. The molecule has 0 rings (SSSR count). The summed E-state index contributed by atoms with van der Waals surface area (Å²) in [6, 6.07) is 0. The van der Waals surface area contributed by atoms with Gasteiger partial charge in [0.25, 0.3) is 0 Å². The number of hydrogen-bond acceptors (Lipinski definition) is 4. The molecule has 0 atom stereocenters. The van der Waals surface area contributed by atoms with Crippen LogP contribution in [-0.2, 0) is 14.3 Å². The number of thioether (sulfide) groups is 1. The summed E-state index contributed by atoms with van der Waals surface area (Å²) >= 11 is 1.13. The Bertz CT molecular complexity index is 246. The fraction of sp³-hybridized carbons (Fsp3) is 0.818. The summed E-state index contributed by atoms with van der Waals surface area (Å²) in [5.41, 5.74) is 0. The largest absolute Gasteiger partial charge is 0.481 e. The van der Waals surface area contributed by atoms with Crippen LogP contribution >= 0.6 is 11.8 Å². The van der Waals surface area contributed by atoms with Gasteiger partial charge in [0.1, 0.15) is 0 Å². The highest BCUT2D eigenvalue weighted by molar-refractivity contribution is 8.00. The van der Waals surface area contributed by atoms with E-state index in [1.807, 2.05) is 13.8 Å². The molecule has 0 heterocycles. The predicted molar refractivity (Wildman–Crippen MR) is 68.3 cm³/mol. The number of carbonyl (C=O) groups is 2. The number of carbonyl (C=O) groups excluding carboxylic acids is 1. The fourth-order valence-corrected chi connectivity index (χ4v) is 1.91. The lowest BCUT2D eigenvalue weighted by Crippen LogP contribution is -2.38. The van der Waals surface area contributed by atoms with Crippen LogP contribution in [0.3, 0.4) is 0 Å². The van der Waals surface area contributed by atoms with Gasteiger partial charge in [-0.25, -0.2) is 0 Å². The van der Waals surface area contributed by atoms with E-state index < -0.39 is 5.97 Å². The van der Waals surface area contributed by atoms with E-state index >= 15 is 0 Å². The van der Waals surface area contributed by atoms with E-state index in [-0.39, 0.29) is 17.4 Å². The second kappa shape index (κ2) is 9.30. The number of ether oxygens (including phenoxy) is 1. The van der Waals surface area contributed by atoms with Gasteiger partial charge < -0.3 is 14.7 Å². The molecule has 0 aliphatic rings. The monoisotopic (exact) mass is 263 g/mol. The van der Waals surface area contributed by atoms with Crippen LogP contribution in [0.15, 0.2) is 0 Å². The Labute approximate surface area is 107 Å². The van der Waals surface area contributed by atoms with E-state index in [1.54, 1.807) is 12.0 Å². The number of amides is 1. The quantitative estimate of drug-likeness (QED) is 0.670. The van der Waals surface area contributed by atoms with E-state index in [0.717, 1.165) is 11.8 Å².